The van der Waals surface area contributed by atoms with Gasteiger partial charge in [0.15, 0.2) is 5.57 Å². The van der Waals surface area contributed by atoms with Crippen LogP contribution in [0, 0.1) is 0 Å². The summed E-state index contributed by atoms with van der Waals surface area (Å²) >= 11 is 5.79. The van der Waals surface area contributed by atoms with Gasteiger partial charge in [0.1, 0.15) is 6.61 Å². The zero-order chi connectivity index (χ0) is 13.1. The normalized spacial score (nSPS) is 14.7. The molecule has 0 radical (unpaired) electrons. The maximum Gasteiger partial charge on any atom is 0.346 e. The van der Waals surface area contributed by atoms with Crippen molar-refractivity contribution in [2.24, 2.45) is 0 Å². The maximum absolute atomic E-state index is 11.7. The molecule has 1 aliphatic heterocycles. The molecule has 0 aromatic heterocycles. The zero-order valence-corrected chi connectivity index (χ0v) is 10.5. The molecule has 0 saturated carbocycles. The topological polar surface area (TPSA) is 52.6 Å². The molecule has 1 aromatic carbocycles. The number of ether oxygens (including phenoxy) is 2. The third-order valence-corrected chi connectivity index (χ3v) is 2.78. The molecule has 0 atom stereocenters. The average molecular weight is 267 g/mol. The van der Waals surface area contributed by atoms with Crippen LogP contribution in [0.25, 0.3) is 5.57 Å². The van der Waals surface area contributed by atoms with E-state index < -0.39 is 11.9 Å². The monoisotopic (exact) mass is 266 g/mol. The van der Waals surface area contributed by atoms with Crippen LogP contribution in [-0.4, -0.2) is 25.2 Å². The Bertz CT molecular complexity index is 516. The molecule has 2 rings (SSSR count). The molecule has 1 aliphatic rings. The highest BCUT2D eigenvalue weighted by atomic mass is 35.5. The molecule has 18 heavy (non-hydrogen) atoms. The van der Waals surface area contributed by atoms with E-state index in [0.29, 0.717) is 10.6 Å². The Morgan fingerprint density at radius 3 is 2.67 bits per heavy atom. The van der Waals surface area contributed by atoms with E-state index in [9.17, 15) is 9.59 Å². The zero-order valence-electron chi connectivity index (χ0n) is 9.73. The number of cyclic esters (lactones) is 1. The standard InChI is InChI=1S/C13H11ClO4/c1-2-17-12(15)11-10(7-18-13(11)16)8-3-5-9(14)6-4-8/h3-6H,2,7H2,1H3. The summed E-state index contributed by atoms with van der Waals surface area (Å²) < 4.78 is 9.73. The van der Waals surface area contributed by atoms with Crippen molar-refractivity contribution in [3.8, 4) is 0 Å². The van der Waals surface area contributed by atoms with Gasteiger partial charge in [0, 0.05) is 10.6 Å². The van der Waals surface area contributed by atoms with Crippen molar-refractivity contribution in [2.75, 3.05) is 13.2 Å². The molecule has 0 spiro atoms. The second kappa shape index (κ2) is 5.23. The molecular formula is C13H11ClO4. The molecule has 0 N–H and O–H groups in total. The van der Waals surface area contributed by atoms with E-state index in [1.54, 1.807) is 31.2 Å². The summed E-state index contributed by atoms with van der Waals surface area (Å²) in [5.41, 5.74) is 1.24. The molecule has 0 fully saturated rings. The number of hydrogen-bond acceptors (Lipinski definition) is 4. The van der Waals surface area contributed by atoms with E-state index >= 15 is 0 Å². The lowest BCUT2D eigenvalue weighted by Gasteiger charge is -2.03. The number of esters is 2. The van der Waals surface area contributed by atoms with Gasteiger partial charge in [-0.05, 0) is 24.6 Å². The fraction of sp³-hybridized carbons (Fsp3) is 0.231. The number of benzene rings is 1. The number of hydrogen-bond donors (Lipinski definition) is 0. The molecule has 0 saturated heterocycles. The van der Waals surface area contributed by atoms with Gasteiger partial charge in [0.2, 0.25) is 0 Å². The second-order valence-corrected chi connectivity index (χ2v) is 4.09. The summed E-state index contributed by atoms with van der Waals surface area (Å²) in [4.78, 5) is 23.2. The van der Waals surface area contributed by atoms with Crippen LogP contribution in [0.5, 0.6) is 0 Å². The van der Waals surface area contributed by atoms with Gasteiger partial charge in [-0.25, -0.2) is 9.59 Å². The lowest BCUT2D eigenvalue weighted by atomic mass is 10.0. The molecule has 0 aliphatic carbocycles. The average Bonchev–Trinajstić information content (AvgIpc) is 2.72. The van der Waals surface area contributed by atoms with Crippen molar-refractivity contribution < 1.29 is 19.1 Å². The summed E-state index contributed by atoms with van der Waals surface area (Å²) in [6.07, 6.45) is 0. The van der Waals surface area contributed by atoms with E-state index in [1.807, 2.05) is 0 Å². The van der Waals surface area contributed by atoms with E-state index in [0.717, 1.165) is 5.56 Å². The first kappa shape index (κ1) is 12.6. The van der Waals surface area contributed by atoms with Crippen LogP contribution < -0.4 is 0 Å². The third-order valence-electron chi connectivity index (χ3n) is 2.53. The number of carbonyl (C=O) groups excluding carboxylic acids is 2. The van der Waals surface area contributed by atoms with Crippen LogP contribution in [-0.2, 0) is 19.1 Å². The predicted octanol–water partition coefficient (Wildman–Crippen LogP) is 2.21. The smallest absolute Gasteiger partial charge is 0.346 e. The van der Waals surface area contributed by atoms with Gasteiger partial charge >= 0.3 is 11.9 Å². The number of rotatable bonds is 3. The van der Waals surface area contributed by atoms with Gasteiger partial charge in [-0.15, -0.1) is 0 Å². The van der Waals surface area contributed by atoms with Crippen LogP contribution in [0.1, 0.15) is 12.5 Å². The fourth-order valence-electron chi connectivity index (χ4n) is 1.69. The minimum absolute atomic E-state index is 0.0285. The highest BCUT2D eigenvalue weighted by Gasteiger charge is 2.32. The molecule has 0 amide bonds. The maximum atomic E-state index is 11.7. The van der Waals surface area contributed by atoms with Crippen LogP contribution in [0.2, 0.25) is 5.02 Å². The first-order valence-corrected chi connectivity index (χ1v) is 5.84. The van der Waals surface area contributed by atoms with Gasteiger partial charge < -0.3 is 9.47 Å². The van der Waals surface area contributed by atoms with Crippen LogP contribution in [0.15, 0.2) is 29.8 Å². The van der Waals surface area contributed by atoms with Crippen molar-refractivity contribution in [1.82, 2.24) is 0 Å². The van der Waals surface area contributed by atoms with Crippen LogP contribution in [0.4, 0.5) is 0 Å². The van der Waals surface area contributed by atoms with E-state index in [1.165, 1.54) is 0 Å². The van der Waals surface area contributed by atoms with Gasteiger partial charge in [-0.1, -0.05) is 23.7 Å². The van der Waals surface area contributed by atoms with Crippen molar-refractivity contribution in [3.63, 3.8) is 0 Å². The fourth-order valence-corrected chi connectivity index (χ4v) is 1.82. The van der Waals surface area contributed by atoms with E-state index in [2.05, 4.69) is 0 Å². The Kier molecular flexibility index (Phi) is 3.67. The lowest BCUT2D eigenvalue weighted by Crippen LogP contribution is -2.14. The third kappa shape index (κ3) is 2.38. The Hall–Kier alpha value is -1.81. The van der Waals surface area contributed by atoms with Crippen molar-refractivity contribution in [2.45, 2.75) is 6.92 Å². The first-order valence-electron chi connectivity index (χ1n) is 5.46. The Balaban J connectivity index is 2.41. The minimum Gasteiger partial charge on any atom is -0.462 e. The Morgan fingerprint density at radius 2 is 2.06 bits per heavy atom. The first-order chi connectivity index (χ1) is 8.63. The van der Waals surface area contributed by atoms with Gasteiger partial charge in [-0.2, -0.15) is 0 Å². The quantitative estimate of drug-likeness (QED) is 0.622. The molecule has 0 bridgehead atoms. The SMILES string of the molecule is CCOC(=O)C1=C(c2ccc(Cl)cc2)COC1=O. The van der Waals surface area contributed by atoms with Crippen molar-refractivity contribution in [3.05, 3.63) is 40.4 Å². The van der Waals surface area contributed by atoms with Gasteiger partial charge in [-0.3, -0.25) is 0 Å². The van der Waals surface area contributed by atoms with E-state index in [-0.39, 0.29) is 18.8 Å². The molecule has 1 heterocycles. The summed E-state index contributed by atoms with van der Waals surface area (Å²) in [6, 6.07) is 6.85. The van der Waals surface area contributed by atoms with E-state index in [4.69, 9.17) is 21.1 Å². The van der Waals surface area contributed by atoms with Gasteiger partial charge in [0.25, 0.3) is 0 Å². The van der Waals surface area contributed by atoms with Crippen molar-refractivity contribution in [1.29, 1.82) is 0 Å². The minimum atomic E-state index is -0.648. The molecule has 1 aromatic rings. The summed E-state index contributed by atoms with van der Waals surface area (Å²) in [5, 5.41) is 0.585. The van der Waals surface area contributed by atoms with Crippen LogP contribution >= 0.6 is 11.6 Å². The summed E-state index contributed by atoms with van der Waals surface area (Å²) in [7, 11) is 0. The molecular weight excluding hydrogens is 256 g/mol. The summed E-state index contributed by atoms with van der Waals surface area (Å²) in [6.45, 7) is 1.97. The van der Waals surface area contributed by atoms with Crippen LogP contribution in [0.3, 0.4) is 0 Å². The molecule has 5 heteroatoms. The second-order valence-electron chi connectivity index (χ2n) is 3.66. The molecule has 94 valence electrons. The number of halogens is 1. The largest absolute Gasteiger partial charge is 0.462 e. The van der Waals surface area contributed by atoms with Crippen molar-refractivity contribution >= 4 is 29.1 Å². The highest BCUT2D eigenvalue weighted by molar-refractivity contribution is 6.30. The Labute approximate surface area is 109 Å². The van der Waals surface area contributed by atoms with Gasteiger partial charge in [0.05, 0.1) is 6.61 Å². The predicted molar refractivity (Wildman–Crippen MR) is 66.0 cm³/mol. The lowest BCUT2D eigenvalue weighted by molar-refractivity contribution is -0.144. The summed E-state index contributed by atoms with van der Waals surface area (Å²) in [5.74, 6) is -1.29. The number of carbonyl (C=O) groups is 2. The Morgan fingerprint density at radius 1 is 1.39 bits per heavy atom. The molecule has 0 unspecified atom stereocenters. The molecule has 4 nitrogen and oxygen atoms in total. The highest BCUT2D eigenvalue weighted by Crippen LogP contribution is 2.27.